The molecule has 3 aliphatic rings. The van der Waals surface area contributed by atoms with Gasteiger partial charge < -0.3 is 33.5 Å². The molecule has 1 aliphatic carbocycles. The molecule has 0 bridgehead atoms. The van der Waals surface area contributed by atoms with Gasteiger partial charge in [-0.15, -0.1) is 0 Å². The second-order valence-electron chi connectivity index (χ2n) is 8.29. The molecule has 5 rings (SSSR count). The van der Waals surface area contributed by atoms with E-state index in [-0.39, 0.29) is 38.6 Å². The molecule has 2 aromatic rings. The SMILES string of the molecule is CC(=O)OC[C@H]1[C@H](c2ccc3c(c2)OCO3)[C@@H](COC(C)=O)c2cc3c(cc2[C@@H]1O)OCO3. The summed E-state index contributed by atoms with van der Waals surface area (Å²) in [6.07, 6.45) is -0.960. The molecule has 0 saturated heterocycles. The van der Waals surface area contributed by atoms with Gasteiger partial charge in [0.1, 0.15) is 0 Å². The van der Waals surface area contributed by atoms with Gasteiger partial charge in [0.05, 0.1) is 19.3 Å². The number of rotatable bonds is 5. The Labute approximate surface area is 190 Å². The molecule has 2 heterocycles. The summed E-state index contributed by atoms with van der Waals surface area (Å²) < 4.78 is 32.9. The van der Waals surface area contributed by atoms with Crippen LogP contribution in [-0.4, -0.2) is 43.8 Å². The summed E-state index contributed by atoms with van der Waals surface area (Å²) >= 11 is 0. The minimum atomic E-state index is -0.960. The molecule has 2 aliphatic heterocycles. The number of hydrogen-bond acceptors (Lipinski definition) is 9. The molecule has 0 amide bonds. The summed E-state index contributed by atoms with van der Waals surface area (Å²) in [7, 11) is 0. The summed E-state index contributed by atoms with van der Waals surface area (Å²) in [5.74, 6) is 0.252. The average Bonchev–Trinajstić information content (AvgIpc) is 3.44. The zero-order valence-electron chi connectivity index (χ0n) is 18.2. The van der Waals surface area contributed by atoms with Crippen LogP contribution < -0.4 is 18.9 Å². The Bertz CT molecular complexity index is 1100. The highest BCUT2D eigenvalue weighted by atomic mass is 16.7. The van der Waals surface area contributed by atoms with Gasteiger partial charge in [-0.25, -0.2) is 0 Å². The minimum absolute atomic E-state index is 0.0138. The maximum Gasteiger partial charge on any atom is 0.302 e. The summed E-state index contributed by atoms with van der Waals surface area (Å²) in [5.41, 5.74) is 2.26. The number of ether oxygens (including phenoxy) is 6. The molecule has 0 fully saturated rings. The van der Waals surface area contributed by atoms with Crippen molar-refractivity contribution >= 4 is 11.9 Å². The fourth-order valence-electron chi connectivity index (χ4n) is 4.88. The van der Waals surface area contributed by atoms with Crippen LogP contribution in [0.3, 0.4) is 0 Å². The smallest absolute Gasteiger partial charge is 0.302 e. The quantitative estimate of drug-likeness (QED) is 0.679. The Kier molecular flexibility index (Phi) is 5.49. The predicted octanol–water partition coefficient (Wildman–Crippen LogP) is 2.80. The van der Waals surface area contributed by atoms with Crippen LogP contribution in [0, 0.1) is 5.92 Å². The third kappa shape index (κ3) is 3.93. The molecular formula is C24H24O9. The largest absolute Gasteiger partial charge is 0.465 e. The van der Waals surface area contributed by atoms with Crippen LogP contribution in [0.5, 0.6) is 23.0 Å². The van der Waals surface area contributed by atoms with Crippen LogP contribution in [-0.2, 0) is 19.1 Å². The van der Waals surface area contributed by atoms with Gasteiger partial charge in [0.2, 0.25) is 13.6 Å². The van der Waals surface area contributed by atoms with Gasteiger partial charge >= 0.3 is 11.9 Å². The third-order valence-corrected chi connectivity index (χ3v) is 6.32. The summed E-state index contributed by atoms with van der Waals surface area (Å²) in [6, 6.07) is 9.14. The first kappa shape index (κ1) is 21.4. The first-order valence-electron chi connectivity index (χ1n) is 10.7. The molecule has 33 heavy (non-hydrogen) atoms. The van der Waals surface area contributed by atoms with Crippen LogP contribution >= 0.6 is 0 Å². The van der Waals surface area contributed by atoms with Gasteiger partial charge in [0.15, 0.2) is 23.0 Å². The maximum atomic E-state index is 11.7. The Morgan fingerprint density at radius 1 is 0.848 bits per heavy atom. The van der Waals surface area contributed by atoms with Crippen molar-refractivity contribution in [2.24, 2.45) is 5.92 Å². The molecule has 0 saturated carbocycles. The fraction of sp³-hybridized carbons (Fsp3) is 0.417. The second kappa shape index (κ2) is 8.47. The van der Waals surface area contributed by atoms with E-state index in [1.54, 1.807) is 6.07 Å². The minimum Gasteiger partial charge on any atom is -0.465 e. The lowest BCUT2D eigenvalue weighted by Crippen LogP contribution is -2.37. The maximum absolute atomic E-state index is 11.7. The fourth-order valence-corrected chi connectivity index (χ4v) is 4.88. The van der Waals surface area contributed by atoms with Crippen molar-refractivity contribution in [3.63, 3.8) is 0 Å². The van der Waals surface area contributed by atoms with Gasteiger partial charge in [-0.05, 0) is 41.0 Å². The lowest BCUT2D eigenvalue weighted by Gasteiger charge is -2.42. The predicted molar refractivity (Wildman–Crippen MR) is 112 cm³/mol. The van der Waals surface area contributed by atoms with Gasteiger partial charge in [-0.2, -0.15) is 0 Å². The highest BCUT2D eigenvalue weighted by molar-refractivity contribution is 5.66. The molecule has 9 nitrogen and oxygen atoms in total. The van der Waals surface area contributed by atoms with E-state index in [2.05, 4.69) is 0 Å². The van der Waals surface area contributed by atoms with Crippen molar-refractivity contribution in [1.82, 2.24) is 0 Å². The number of aliphatic hydroxyl groups is 1. The molecule has 9 heteroatoms. The van der Waals surface area contributed by atoms with E-state index in [0.29, 0.717) is 28.6 Å². The van der Waals surface area contributed by atoms with Crippen LogP contribution in [0.25, 0.3) is 0 Å². The lowest BCUT2D eigenvalue weighted by molar-refractivity contribution is -0.144. The van der Waals surface area contributed by atoms with Crippen LogP contribution in [0.2, 0.25) is 0 Å². The Balaban J connectivity index is 1.64. The van der Waals surface area contributed by atoms with E-state index in [0.717, 1.165) is 11.1 Å². The van der Waals surface area contributed by atoms with Gasteiger partial charge in [0.25, 0.3) is 0 Å². The number of benzene rings is 2. The first-order valence-corrected chi connectivity index (χ1v) is 10.7. The summed E-state index contributed by atoms with van der Waals surface area (Å²) in [4.78, 5) is 23.4. The molecular weight excluding hydrogens is 432 g/mol. The van der Waals surface area contributed by atoms with Crippen LogP contribution in [0.1, 0.15) is 48.5 Å². The standard InChI is InChI=1S/C24H24O9/c1-12(25)28-8-17-15-6-21-22(33-11-32-21)7-16(15)24(27)18(9-29-13(2)26)23(17)14-3-4-19-20(5-14)31-10-30-19/h3-7,17-18,23-24,27H,8-11H2,1-2H3/t17-,18-,23+,24-/m0/s1. The topological polar surface area (TPSA) is 110 Å². The van der Waals surface area contributed by atoms with E-state index in [9.17, 15) is 14.7 Å². The first-order chi connectivity index (χ1) is 15.9. The van der Waals surface area contributed by atoms with Crippen molar-refractivity contribution in [3.8, 4) is 23.0 Å². The Morgan fingerprint density at radius 2 is 1.42 bits per heavy atom. The summed E-state index contributed by atoms with van der Waals surface area (Å²) in [5, 5.41) is 11.4. The second-order valence-corrected chi connectivity index (χ2v) is 8.29. The molecule has 4 atom stereocenters. The zero-order valence-corrected chi connectivity index (χ0v) is 18.2. The average molecular weight is 456 g/mol. The summed E-state index contributed by atoms with van der Waals surface area (Å²) in [6.45, 7) is 2.96. The molecule has 174 valence electrons. The number of carbonyl (C=O) groups is 2. The lowest BCUT2D eigenvalue weighted by atomic mass is 9.65. The molecule has 0 radical (unpaired) electrons. The zero-order chi connectivity index (χ0) is 23.1. The van der Waals surface area contributed by atoms with Crippen molar-refractivity contribution in [2.75, 3.05) is 26.8 Å². The van der Waals surface area contributed by atoms with E-state index < -0.39 is 24.0 Å². The molecule has 0 unspecified atom stereocenters. The molecule has 2 aromatic carbocycles. The third-order valence-electron chi connectivity index (χ3n) is 6.32. The van der Waals surface area contributed by atoms with Crippen molar-refractivity contribution < 1.29 is 43.1 Å². The van der Waals surface area contributed by atoms with Crippen molar-refractivity contribution in [2.45, 2.75) is 31.8 Å². The van der Waals surface area contributed by atoms with E-state index in [4.69, 9.17) is 28.4 Å². The Hall–Kier alpha value is -3.46. The molecule has 0 spiro atoms. The highest BCUT2D eigenvalue weighted by Crippen LogP contribution is 2.54. The van der Waals surface area contributed by atoms with Crippen molar-refractivity contribution in [3.05, 3.63) is 47.0 Å². The number of carbonyl (C=O) groups excluding carboxylic acids is 2. The number of fused-ring (bicyclic) bond motifs is 3. The van der Waals surface area contributed by atoms with Gasteiger partial charge in [-0.3, -0.25) is 9.59 Å². The van der Waals surface area contributed by atoms with Crippen LogP contribution in [0.4, 0.5) is 0 Å². The number of aliphatic hydroxyl groups excluding tert-OH is 1. The molecule has 1 N–H and O–H groups in total. The van der Waals surface area contributed by atoms with Gasteiger partial charge in [0, 0.05) is 31.6 Å². The van der Waals surface area contributed by atoms with E-state index in [1.165, 1.54) is 13.8 Å². The van der Waals surface area contributed by atoms with Gasteiger partial charge in [-0.1, -0.05) is 6.07 Å². The molecule has 0 aromatic heterocycles. The van der Waals surface area contributed by atoms with Crippen molar-refractivity contribution in [1.29, 1.82) is 0 Å². The normalized spacial score (nSPS) is 24.2. The number of hydrogen-bond donors (Lipinski definition) is 1. The Morgan fingerprint density at radius 3 is 2.09 bits per heavy atom. The monoisotopic (exact) mass is 456 g/mol. The van der Waals surface area contributed by atoms with Crippen LogP contribution in [0.15, 0.2) is 30.3 Å². The highest BCUT2D eigenvalue weighted by Gasteiger charge is 2.45. The van der Waals surface area contributed by atoms with E-state index >= 15 is 0 Å². The number of esters is 2. The van der Waals surface area contributed by atoms with E-state index in [1.807, 2.05) is 24.3 Å².